The van der Waals surface area contributed by atoms with Crippen LogP contribution in [0.1, 0.15) is 31.1 Å². The van der Waals surface area contributed by atoms with Gasteiger partial charge in [0, 0.05) is 13.2 Å². The highest BCUT2D eigenvalue weighted by Crippen LogP contribution is 2.17. The van der Waals surface area contributed by atoms with Gasteiger partial charge in [-0.15, -0.1) is 0 Å². The van der Waals surface area contributed by atoms with Gasteiger partial charge in [0.2, 0.25) is 0 Å². The van der Waals surface area contributed by atoms with Crippen LogP contribution >= 0.6 is 0 Å². The van der Waals surface area contributed by atoms with Crippen molar-refractivity contribution in [3.8, 4) is 0 Å². The van der Waals surface area contributed by atoms with Crippen LogP contribution in [-0.4, -0.2) is 30.0 Å². The van der Waals surface area contributed by atoms with Gasteiger partial charge in [0.25, 0.3) is 0 Å². The molecule has 5 nitrogen and oxygen atoms in total. The smallest absolute Gasteiger partial charge is 0.415 e. The molecule has 1 amide bonds. The van der Waals surface area contributed by atoms with Crippen LogP contribution < -0.4 is 4.90 Å². The van der Waals surface area contributed by atoms with Crippen LogP contribution in [0.3, 0.4) is 0 Å². The minimum Gasteiger partial charge on any atom is -0.443 e. The summed E-state index contributed by atoms with van der Waals surface area (Å²) < 4.78 is 5.18. The summed E-state index contributed by atoms with van der Waals surface area (Å²) in [6, 6.07) is 3.23. The van der Waals surface area contributed by atoms with Crippen LogP contribution in [0.25, 0.3) is 0 Å². The summed E-state index contributed by atoms with van der Waals surface area (Å²) in [5.41, 5.74) is -0.234. The van der Waals surface area contributed by atoms with Crippen LogP contribution in [0.2, 0.25) is 0 Å². The Morgan fingerprint density at radius 3 is 2.65 bits per heavy atom. The molecule has 0 atom stereocenters. The molecule has 1 rings (SSSR count). The molecule has 0 N–H and O–H groups in total. The van der Waals surface area contributed by atoms with Gasteiger partial charge in [0.1, 0.15) is 11.4 Å². The minimum absolute atomic E-state index is 0.289. The Morgan fingerprint density at radius 1 is 1.47 bits per heavy atom. The van der Waals surface area contributed by atoms with E-state index in [1.54, 1.807) is 32.9 Å². The molecule has 0 spiro atoms. The molecule has 0 aromatic carbocycles. The number of hydrogen-bond donors (Lipinski definition) is 0. The van der Waals surface area contributed by atoms with E-state index in [0.717, 1.165) is 0 Å². The Bertz CT molecular complexity index is 424. The topological polar surface area (TPSA) is 59.5 Å². The van der Waals surface area contributed by atoms with E-state index in [-0.39, 0.29) is 5.82 Å². The molecule has 0 unspecified atom stereocenters. The fourth-order valence-electron chi connectivity index (χ4n) is 1.20. The number of nitrogens with zero attached hydrogens (tertiary/aromatic N) is 2. The number of aldehydes is 1. The van der Waals surface area contributed by atoms with Gasteiger partial charge < -0.3 is 4.74 Å². The van der Waals surface area contributed by atoms with E-state index in [9.17, 15) is 9.59 Å². The average Bonchev–Trinajstić information content (AvgIpc) is 2.25. The first kappa shape index (κ1) is 13.2. The van der Waals surface area contributed by atoms with Crippen molar-refractivity contribution in [2.45, 2.75) is 26.4 Å². The fraction of sp³-hybridized carbons (Fsp3) is 0.417. The van der Waals surface area contributed by atoms with Crippen molar-refractivity contribution in [3.63, 3.8) is 0 Å². The van der Waals surface area contributed by atoms with Crippen LogP contribution in [0.15, 0.2) is 18.3 Å². The fourth-order valence-corrected chi connectivity index (χ4v) is 1.20. The zero-order chi connectivity index (χ0) is 13.1. The molecule has 17 heavy (non-hydrogen) atoms. The third kappa shape index (κ3) is 3.55. The maximum absolute atomic E-state index is 11.8. The molecule has 0 saturated carbocycles. The molecule has 1 aromatic heterocycles. The highest BCUT2D eigenvalue weighted by molar-refractivity contribution is 5.92. The predicted molar refractivity (Wildman–Crippen MR) is 64.3 cm³/mol. The Balaban J connectivity index is 2.92. The summed E-state index contributed by atoms with van der Waals surface area (Å²) in [6.45, 7) is 5.33. The first-order valence-corrected chi connectivity index (χ1v) is 5.22. The first-order chi connectivity index (χ1) is 7.85. The largest absolute Gasteiger partial charge is 0.443 e. The molecule has 0 bridgehead atoms. The van der Waals surface area contributed by atoms with E-state index in [2.05, 4.69) is 4.98 Å². The number of aromatic nitrogens is 1. The van der Waals surface area contributed by atoms with Crippen LogP contribution in [0.4, 0.5) is 10.6 Å². The predicted octanol–water partition coefficient (Wildman–Crippen LogP) is 2.27. The summed E-state index contributed by atoms with van der Waals surface area (Å²) >= 11 is 0. The lowest BCUT2D eigenvalue weighted by molar-refractivity contribution is 0.0588. The third-order valence-electron chi connectivity index (χ3n) is 1.93. The molecule has 0 aliphatic heterocycles. The van der Waals surface area contributed by atoms with Gasteiger partial charge in [-0.2, -0.15) is 0 Å². The Hall–Kier alpha value is -1.91. The molecule has 0 fully saturated rings. The van der Waals surface area contributed by atoms with Crippen molar-refractivity contribution in [3.05, 3.63) is 23.9 Å². The summed E-state index contributed by atoms with van der Waals surface area (Å²) in [7, 11) is 1.52. The normalized spacial score (nSPS) is 10.8. The molecule has 1 heterocycles. The first-order valence-electron chi connectivity index (χ1n) is 5.22. The van der Waals surface area contributed by atoms with Crippen molar-refractivity contribution in [1.29, 1.82) is 0 Å². The van der Waals surface area contributed by atoms with Gasteiger partial charge in [0.05, 0.1) is 5.56 Å². The number of ether oxygens (including phenoxy) is 1. The van der Waals surface area contributed by atoms with E-state index in [4.69, 9.17) is 4.74 Å². The van der Waals surface area contributed by atoms with Crippen molar-refractivity contribution in [2.24, 2.45) is 0 Å². The quantitative estimate of drug-likeness (QED) is 0.739. The number of carbonyl (C=O) groups excluding carboxylic acids is 2. The molecule has 92 valence electrons. The van der Waals surface area contributed by atoms with Gasteiger partial charge in [-0.1, -0.05) is 0 Å². The number of anilines is 1. The molecule has 0 saturated heterocycles. The molecule has 0 aliphatic carbocycles. The second kappa shape index (κ2) is 4.95. The van der Waals surface area contributed by atoms with E-state index in [1.807, 2.05) is 0 Å². The number of pyridine rings is 1. The average molecular weight is 236 g/mol. The summed E-state index contributed by atoms with van der Waals surface area (Å²) in [4.78, 5) is 27.8. The SMILES string of the molecule is CN(C(=O)OC(C)(C)C)c1ncccc1C=O. The Morgan fingerprint density at radius 2 is 2.12 bits per heavy atom. The minimum atomic E-state index is -0.582. The summed E-state index contributed by atoms with van der Waals surface area (Å²) in [5, 5.41) is 0. The zero-order valence-electron chi connectivity index (χ0n) is 10.4. The number of rotatable bonds is 2. The number of hydrogen-bond acceptors (Lipinski definition) is 4. The van der Waals surface area contributed by atoms with Gasteiger partial charge in [-0.25, -0.2) is 9.78 Å². The number of amides is 1. The molecule has 1 aromatic rings. The van der Waals surface area contributed by atoms with E-state index >= 15 is 0 Å². The monoisotopic (exact) mass is 236 g/mol. The van der Waals surface area contributed by atoms with E-state index in [1.165, 1.54) is 18.1 Å². The van der Waals surface area contributed by atoms with Gasteiger partial charge in [0.15, 0.2) is 6.29 Å². The van der Waals surface area contributed by atoms with Crippen molar-refractivity contribution in [2.75, 3.05) is 11.9 Å². The molecule has 0 radical (unpaired) electrons. The van der Waals surface area contributed by atoms with Gasteiger partial charge in [-0.3, -0.25) is 9.69 Å². The van der Waals surface area contributed by atoms with Crippen LogP contribution in [0.5, 0.6) is 0 Å². The van der Waals surface area contributed by atoms with Gasteiger partial charge in [-0.05, 0) is 32.9 Å². The van der Waals surface area contributed by atoms with Crippen LogP contribution in [0, 0.1) is 0 Å². The highest BCUT2D eigenvalue weighted by Gasteiger charge is 2.22. The Labute approximate surface area is 100 Å². The van der Waals surface area contributed by atoms with Crippen molar-refractivity contribution < 1.29 is 14.3 Å². The molecular formula is C12H16N2O3. The maximum atomic E-state index is 11.8. The Kier molecular flexibility index (Phi) is 3.83. The lowest BCUT2D eigenvalue weighted by Gasteiger charge is -2.24. The highest BCUT2D eigenvalue weighted by atomic mass is 16.6. The van der Waals surface area contributed by atoms with E-state index in [0.29, 0.717) is 11.8 Å². The van der Waals surface area contributed by atoms with Crippen molar-refractivity contribution >= 4 is 18.2 Å². The summed E-state index contributed by atoms with van der Waals surface area (Å²) in [6.07, 6.45) is 1.63. The second-order valence-electron chi connectivity index (χ2n) is 4.57. The molecular weight excluding hydrogens is 220 g/mol. The summed E-state index contributed by atoms with van der Waals surface area (Å²) in [5.74, 6) is 0.289. The van der Waals surface area contributed by atoms with E-state index < -0.39 is 11.7 Å². The third-order valence-corrected chi connectivity index (χ3v) is 1.93. The van der Waals surface area contributed by atoms with Crippen molar-refractivity contribution in [1.82, 2.24) is 4.98 Å². The lowest BCUT2D eigenvalue weighted by Crippen LogP contribution is -2.35. The van der Waals surface area contributed by atoms with Crippen LogP contribution in [-0.2, 0) is 4.74 Å². The second-order valence-corrected chi connectivity index (χ2v) is 4.57. The number of carbonyl (C=O) groups is 2. The maximum Gasteiger partial charge on any atom is 0.415 e. The standard InChI is InChI=1S/C12H16N2O3/c1-12(2,3)17-11(16)14(4)10-9(8-15)6-5-7-13-10/h5-8H,1-4H3. The zero-order valence-corrected chi connectivity index (χ0v) is 10.4. The lowest BCUT2D eigenvalue weighted by atomic mass is 10.2. The molecule has 5 heteroatoms. The van der Waals surface area contributed by atoms with Gasteiger partial charge >= 0.3 is 6.09 Å². The molecule has 0 aliphatic rings.